The second-order valence-corrected chi connectivity index (χ2v) is 16.2. The second kappa shape index (κ2) is 11.6. The molecule has 0 aromatic carbocycles. The topological polar surface area (TPSA) is 83.8 Å². The van der Waals surface area contributed by atoms with Crippen molar-refractivity contribution in [2.45, 2.75) is 125 Å². The van der Waals surface area contributed by atoms with E-state index < -0.39 is 0 Å². The number of thiazole rings is 1. The van der Waals surface area contributed by atoms with Gasteiger partial charge in [0.2, 0.25) is 0 Å². The number of aromatic nitrogens is 1. The van der Waals surface area contributed by atoms with Gasteiger partial charge in [0.15, 0.2) is 3.95 Å². The van der Waals surface area contributed by atoms with Crippen LogP contribution in [-0.4, -0.2) is 34.8 Å². The zero-order valence-electron chi connectivity index (χ0n) is 26.4. The lowest BCUT2D eigenvalue weighted by molar-refractivity contribution is -0.235. The Morgan fingerprint density at radius 1 is 1.00 bits per heavy atom. The van der Waals surface area contributed by atoms with Crippen molar-refractivity contribution >= 4 is 41.5 Å². The summed E-state index contributed by atoms with van der Waals surface area (Å²) in [4.78, 5) is 42.6. The zero-order chi connectivity index (χ0) is 30.6. The minimum atomic E-state index is -0.236. The Morgan fingerprint density at radius 2 is 1.67 bits per heavy atom. The molecule has 0 radical (unpaired) electrons. The van der Waals surface area contributed by atoms with E-state index in [1.807, 2.05) is 12.3 Å². The first-order chi connectivity index (χ1) is 19.7. The Morgan fingerprint density at radius 3 is 2.31 bits per heavy atom. The number of nitrogens with zero attached hydrogens (tertiary/aromatic N) is 1. The molecule has 0 bridgehead atoms. The van der Waals surface area contributed by atoms with Crippen molar-refractivity contribution in [1.29, 1.82) is 0 Å². The van der Waals surface area contributed by atoms with Crippen molar-refractivity contribution in [3.63, 3.8) is 0 Å². The Bertz CT molecular complexity index is 1270. The van der Waals surface area contributed by atoms with Crippen molar-refractivity contribution in [2.75, 3.05) is 0 Å². The highest BCUT2D eigenvalue weighted by molar-refractivity contribution is 7.73. The molecule has 10 atom stereocenters. The maximum atomic E-state index is 12.8. The van der Waals surface area contributed by atoms with Gasteiger partial charge in [0, 0.05) is 31.1 Å². The average Bonchev–Trinajstić information content (AvgIpc) is 3.42. The zero-order valence-corrected chi connectivity index (χ0v) is 28.0. The number of carbonyl (C=O) groups excluding carboxylic acids is 3. The Balaban J connectivity index is 1.34. The highest BCUT2D eigenvalue weighted by Crippen LogP contribution is 2.73. The molecule has 0 saturated heterocycles. The highest BCUT2D eigenvalue weighted by Gasteiger charge is 2.69. The van der Waals surface area contributed by atoms with Crippen LogP contribution in [0.3, 0.4) is 0 Å². The molecule has 4 aliphatic rings. The SMILES string of the molecule is CC(=O)O[C@@H]1CC[C@@]2(C)[C@@H](C1)C[C@@H](OC(C)=O)[C@]1(C)[C@@H]2CC[C@]2(C)[C@@H]([C@H](C)CCC(=O)On3c(C)csc3=S)CC[C@H]21. The van der Waals surface area contributed by atoms with Crippen LogP contribution in [-0.2, 0) is 23.9 Å². The fourth-order valence-corrected chi connectivity index (χ4v) is 11.7. The van der Waals surface area contributed by atoms with Crippen molar-refractivity contribution in [3.05, 3.63) is 15.0 Å². The average molecular weight is 620 g/mol. The first kappa shape index (κ1) is 31.7. The fraction of sp³-hybridized carbons (Fsp3) is 0.818. The van der Waals surface area contributed by atoms with E-state index >= 15 is 0 Å². The van der Waals surface area contributed by atoms with Gasteiger partial charge in [0.1, 0.15) is 12.2 Å². The molecule has 1 heterocycles. The molecule has 234 valence electrons. The van der Waals surface area contributed by atoms with Gasteiger partial charge in [0.05, 0.1) is 5.69 Å². The van der Waals surface area contributed by atoms with Gasteiger partial charge in [-0.3, -0.25) is 9.59 Å². The van der Waals surface area contributed by atoms with E-state index in [-0.39, 0.29) is 46.4 Å². The van der Waals surface area contributed by atoms with Gasteiger partial charge in [-0.05, 0) is 117 Å². The molecule has 4 saturated carbocycles. The lowest BCUT2D eigenvalue weighted by atomic mass is 9.38. The molecule has 0 N–H and O–H groups in total. The van der Waals surface area contributed by atoms with E-state index in [4.69, 9.17) is 26.5 Å². The number of esters is 2. The Labute approximate surface area is 260 Å². The van der Waals surface area contributed by atoms with Gasteiger partial charge in [-0.15, -0.1) is 11.3 Å². The van der Waals surface area contributed by atoms with E-state index in [1.54, 1.807) is 6.92 Å². The third kappa shape index (κ3) is 5.39. The lowest BCUT2D eigenvalue weighted by Crippen LogP contribution is -2.65. The van der Waals surface area contributed by atoms with E-state index in [2.05, 4.69) is 27.7 Å². The van der Waals surface area contributed by atoms with Gasteiger partial charge in [-0.2, -0.15) is 4.73 Å². The number of hydrogen-bond donors (Lipinski definition) is 0. The summed E-state index contributed by atoms with van der Waals surface area (Å²) in [6.07, 6.45) is 9.15. The van der Waals surface area contributed by atoms with Crippen LogP contribution in [0.15, 0.2) is 5.38 Å². The quantitative estimate of drug-likeness (QED) is 0.231. The molecule has 7 nitrogen and oxygen atoms in total. The molecule has 0 amide bonds. The van der Waals surface area contributed by atoms with Crippen LogP contribution < -0.4 is 4.84 Å². The normalized spacial score (nSPS) is 39.8. The van der Waals surface area contributed by atoms with Crippen molar-refractivity contribution in [3.8, 4) is 0 Å². The molecule has 0 spiro atoms. The molecule has 4 aliphatic carbocycles. The Kier molecular flexibility index (Phi) is 8.78. The predicted molar refractivity (Wildman–Crippen MR) is 164 cm³/mol. The molecule has 42 heavy (non-hydrogen) atoms. The maximum absolute atomic E-state index is 12.8. The summed E-state index contributed by atoms with van der Waals surface area (Å²) in [6, 6.07) is 0. The molecule has 4 fully saturated rings. The number of ether oxygens (including phenoxy) is 2. The van der Waals surface area contributed by atoms with Crippen molar-refractivity contribution in [1.82, 2.24) is 4.73 Å². The van der Waals surface area contributed by atoms with Crippen LogP contribution in [0.25, 0.3) is 0 Å². The molecule has 0 unspecified atom stereocenters. The van der Waals surface area contributed by atoms with Gasteiger partial charge in [0.25, 0.3) is 0 Å². The van der Waals surface area contributed by atoms with Crippen molar-refractivity contribution in [2.24, 2.45) is 45.8 Å². The predicted octanol–water partition coefficient (Wildman–Crippen LogP) is 7.48. The van der Waals surface area contributed by atoms with Gasteiger partial charge < -0.3 is 14.3 Å². The van der Waals surface area contributed by atoms with Crippen LogP contribution in [0.2, 0.25) is 0 Å². The summed E-state index contributed by atoms with van der Waals surface area (Å²) in [7, 11) is 0. The number of carbonyl (C=O) groups is 3. The smallest absolute Gasteiger partial charge is 0.332 e. The largest absolute Gasteiger partial charge is 0.463 e. The van der Waals surface area contributed by atoms with Gasteiger partial charge in [-0.25, -0.2) is 4.79 Å². The molecular weight excluding hydrogens is 570 g/mol. The first-order valence-corrected chi connectivity index (χ1v) is 17.2. The summed E-state index contributed by atoms with van der Waals surface area (Å²) in [5, 5.41) is 1.90. The molecular formula is C33H49NO6S2. The molecule has 5 rings (SSSR count). The van der Waals surface area contributed by atoms with E-state index in [0.717, 1.165) is 63.5 Å². The molecule has 0 aliphatic heterocycles. The van der Waals surface area contributed by atoms with Crippen LogP contribution in [0.4, 0.5) is 0 Å². The van der Waals surface area contributed by atoms with Crippen LogP contribution in [0, 0.1) is 56.7 Å². The number of rotatable bonds is 7. The molecule has 9 heteroatoms. The van der Waals surface area contributed by atoms with E-state index in [0.29, 0.717) is 40.0 Å². The lowest BCUT2D eigenvalue weighted by Gasteiger charge is -2.67. The summed E-state index contributed by atoms with van der Waals surface area (Å²) in [5.74, 6) is 1.49. The second-order valence-electron chi connectivity index (χ2n) is 14.7. The van der Waals surface area contributed by atoms with E-state index in [9.17, 15) is 14.4 Å². The number of hydrogen-bond acceptors (Lipinski definition) is 8. The van der Waals surface area contributed by atoms with E-state index in [1.165, 1.54) is 23.0 Å². The monoisotopic (exact) mass is 619 g/mol. The van der Waals surface area contributed by atoms with Crippen LogP contribution >= 0.6 is 23.6 Å². The third-order valence-electron chi connectivity index (χ3n) is 12.5. The summed E-state index contributed by atoms with van der Waals surface area (Å²) < 4.78 is 14.0. The van der Waals surface area contributed by atoms with Crippen LogP contribution in [0.5, 0.6) is 0 Å². The third-order valence-corrected chi connectivity index (χ3v) is 13.8. The summed E-state index contributed by atoms with van der Waals surface area (Å²) >= 11 is 6.70. The first-order valence-electron chi connectivity index (χ1n) is 15.9. The number of fused-ring (bicyclic) bond motifs is 5. The highest BCUT2D eigenvalue weighted by atomic mass is 32.1. The van der Waals surface area contributed by atoms with Gasteiger partial charge in [-0.1, -0.05) is 27.7 Å². The maximum Gasteiger partial charge on any atom is 0.332 e. The Hall–Kier alpha value is -1.74. The summed E-state index contributed by atoms with van der Waals surface area (Å²) in [5.41, 5.74) is 0.988. The minimum Gasteiger partial charge on any atom is -0.463 e. The molecule has 1 aromatic heterocycles. The number of aryl methyl sites for hydroxylation is 1. The fourth-order valence-electron chi connectivity index (χ4n) is 10.7. The van der Waals surface area contributed by atoms with Crippen molar-refractivity contribution < 1.29 is 28.7 Å². The standard InChI is InChI=1S/C33H49NO6S2/c1-19(8-11-29(37)40-34-20(2)18-42-30(34)41)25-9-10-26-32(25,6)15-13-27-31(5)14-12-24(38-21(3)35)16-23(31)17-28(33(26,27)7)39-22(4)36/h18-19,23-28H,8-17H2,1-7H3/t19-,23+,24-,25-,26-,27-,28-,31+,32-,33+/m1/s1. The minimum absolute atomic E-state index is 0.0418. The van der Waals surface area contributed by atoms with Crippen LogP contribution in [0.1, 0.15) is 111 Å². The van der Waals surface area contributed by atoms with Gasteiger partial charge >= 0.3 is 17.9 Å². The summed E-state index contributed by atoms with van der Waals surface area (Å²) in [6.45, 7) is 14.6. The molecule has 1 aromatic rings.